The van der Waals surface area contributed by atoms with E-state index >= 15 is 0 Å². The van der Waals surface area contributed by atoms with Crippen LogP contribution in [0.25, 0.3) is 11.3 Å². The van der Waals surface area contributed by atoms with E-state index in [0.717, 1.165) is 47.9 Å². The van der Waals surface area contributed by atoms with Gasteiger partial charge in [0.25, 0.3) is 0 Å². The lowest BCUT2D eigenvalue weighted by Crippen LogP contribution is -2.31. The van der Waals surface area contributed by atoms with Crippen molar-refractivity contribution in [2.75, 3.05) is 49.8 Å². The lowest BCUT2D eigenvalue weighted by molar-refractivity contribution is 0.315. The largest absolute Gasteiger partial charge is 0.438 e. The Balaban J connectivity index is 1.25. The normalized spacial score (nSPS) is 15.1. The van der Waals surface area contributed by atoms with Crippen molar-refractivity contribution in [2.45, 2.75) is 25.9 Å². The van der Waals surface area contributed by atoms with Crippen LogP contribution in [0.5, 0.6) is 11.6 Å². The summed E-state index contributed by atoms with van der Waals surface area (Å²) in [5, 5.41) is 6.54. The van der Waals surface area contributed by atoms with Gasteiger partial charge in [-0.15, -0.1) is 0 Å². The molecule has 3 heterocycles. The van der Waals surface area contributed by atoms with E-state index in [2.05, 4.69) is 79.8 Å². The van der Waals surface area contributed by atoms with Crippen LogP contribution in [-0.2, 0) is 6.54 Å². The summed E-state index contributed by atoms with van der Waals surface area (Å²) in [6, 6.07) is 21.3. The molecule has 0 spiro atoms. The van der Waals surface area contributed by atoms with Crippen LogP contribution < -0.4 is 20.3 Å². The van der Waals surface area contributed by atoms with E-state index in [1.54, 1.807) is 19.4 Å². The van der Waals surface area contributed by atoms with Gasteiger partial charge in [0, 0.05) is 56.5 Å². The summed E-state index contributed by atoms with van der Waals surface area (Å²) in [6.45, 7) is 4.98. The number of hydrogen-bond donors (Lipinski definition) is 2. The highest BCUT2D eigenvalue weighted by Gasteiger charge is 2.24. The van der Waals surface area contributed by atoms with E-state index in [0.29, 0.717) is 17.9 Å². The van der Waals surface area contributed by atoms with Crippen molar-refractivity contribution in [3.8, 4) is 22.9 Å². The van der Waals surface area contributed by atoms with Gasteiger partial charge in [-0.05, 0) is 87.1 Å². The van der Waals surface area contributed by atoms with E-state index in [1.165, 1.54) is 17.7 Å². The van der Waals surface area contributed by atoms with Gasteiger partial charge in [-0.3, -0.25) is 0 Å². The number of rotatable bonds is 9. The summed E-state index contributed by atoms with van der Waals surface area (Å²) in [4.78, 5) is 18.0. The molecule has 8 heteroatoms. The summed E-state index contributed by atoms with van der Waals surface area (Å²) in [5.41, 5.74) is 6.18. The molecule has 2 aromatic carbocycles. The predicted molar refractivity (Wildman–Crippen MR) is 154 cm³/mol. The summed E-state index contributed by atoms with van der Waals surface area (Å²) in [7, 11) is 6.13. The van der Waals surface area contributed by atoms with Gasteiger partial charge >= 0.3 is 0 Å². The molecule has 0 bridgehead atoms. The molecule has 1 saturated heterocycles. The third-order valence-corrected chi connectivity index (χ3v) is 6.97. The molecule has 1 fully saturated rings. The second-order valence-corrected chi connectivity index (χ2v) is 9.83. The van der Waals surface area contributed by atoms with Gasteiger partial charge in [0.2, 0.25) is 11.8 Å². The fourth-order valence-corrected chi connectivity index (χ4v) is 4.74. The second-order valence-electron chi connectivity index (χ2n) is 9.83. The molecule has 5 rings (SSSR count). The average Bonchev–Trinajstić information content (AvgIpc) is 3.45. The molecule has 0 unspecified atom stereocenters. The summed E-state index contributed by atoms with van der Waals surface area (Å²) < 4.78 is 6.26. The molecule has 4 aromatic rings. The zero-order valence-corrected chi connectivity index (χ0v) is 22.5. The van der Waals surface area contributed by atoms with Gasteiger partial charge in [-0.2, -0.15) is 0 Å². The maximum Gasteiger partial charge on any atom is 0.228 e. The van der Waals surface area contributed by atoms with Crippen LogP contribution in [-0.4, -0.2) is 60.1 Å². The van der Waals surface area contributed by atoms with Crippen molar-refractivity contribution in [2.24, 2.45) is 0 Å². The first kappa shape index (κ1) is 25.5. The minimum atomic E-state index is 0.507. The maximum atomic E-state index is 6.26. The highest BCUT2D eigenvalue weighted by atomic mass is 16.5. The molecule has 1 aliphatic rings. The molecule has 0 aliphatic carbocycles. The third kappa shape index (κ3) is 5.86. The first-order chi connectivity index (χ1) is 18.5. The predicted octanol–water partition coefficient (Wildman–Crippen LogP) is 5.43. The Hall–Kier alpha value is -4.17. The molecule has 0 saturated carbocycles. The Labute approximate surface area is 224 Å². The van der Waals surface area contributed by atoms with Crippen LogP contribution in [0, 0.1) is 6.92 Å². The van der Waals surface area contributed by atoms with Gasteiger partial charge in [0.05, 0.1) is 11.3 Å². The lowest BCUT2D eigenvalue weighted by Gasteiger charge is -2.22. The fraction of sp³-hybridized carbons (Fsp3) is 0.300. The van der Waals surface area contributed by atoms with Crippen LogP contribution in [0.4, 0.5) is 17.3 Å². The summed E-state index contributed by atoms with van der Waals surface area (Å²) >= 11 is 0. The Bertz CT molecular complexity index is 1390. The fourth-order valence-electron chi connectivity index (χ4n) is 4.74. The molecule has 1 aliphatic heterocycles. The number of aromatic nitrogens is 3. The number of nitrogens with one attached hydrogen (secondary N) is 2. The van der Waals surface area contributed by atoms with Gasteiger partial charge in [-0.1, -0.05) is 12.1 Å². The SMILES string of the molecule is CNc1nccc(-c2cccnc2Oc2ccc(NCc3cccc(N4CC[C@H](N(C)C)C4)c3)cc2C)n1. The zero-order valence-electron chi connectivity index (χ0n) is 22.5. The molecule has 0 amide bonds. The molecular formula is C30H35N7O. The average molecular weight is 510 g/mol. The van der Waals surface area contributed by atoms with E-state index in [4.69, 9.17) is 4.74 Å². The minimum absolute atomic E-state index is 0.507. The smallest absolute Gasteiger partial charge is 0.228 e. The number of hydrogen-bond acceptors (Lipinski definition) is 8. The van der Waals surface area contributed by atoms with Gasteiger partial charge < -0.3 is 25.2 Å². The molecule has 196 valence electrons. The first-order valence-corrected chi connectivity index (χ1v) is 13.0. The minimum Gasteiger partial charge on any atom is -0.438 e. The maximum absolute atomic E-state index is 6.26. The van der Waals surface area contributed by atoms with Gasteiger partial charge in [-0.25, -0.2) is 15.0 Å². The van der Waals surface area contributed by atoms with Crippen molar-refractivity contribution < 1.29 is 4.74 Å². The Morgan fingerprint density at radius 2 is 1.92 bits per heavy atom. The standard InChI is InChI=1S/C30H35N7O/c1-21-17-23(34-19-22-7-5-8-24(18-22)37-16-13-25(20-37)36(3)4)10-11-28(21)38-29-26(9-6-14-32-29)27-12-15-33-30(31-2)35-27/h5-12,14-15,17-18,25,34H,13,16,19-20H2,1-4H3,(H,31,33,35)/t25-/m0/s1. The molecular weight excluding hydrogens is 474 g/mol. The van der Waals surface area contributed by atoms with Crippen LogP contribution in [0.3, 0.4) is 0 Å². The molecule has 38 heavy (non-hydrogen) atoms. The highest BCUT2D eigenvalue weighted by Crippen LogP contribution is 2.33. The van der Waals surface area contributed by atoms with E-state index < -0.39 is 0 Å². The number of aryl methyl sites for hydroxylation is 1. The van der Waals surface area contributed by atoms with Crippen LogP contribution in [0.1, 0.15) is 17.5 Å². The van der Waals surface area contributed by atoms with E-state index in [1.807, 2.05) is 37.3 Å². The number of ether oxygens (including phenoxy) is 1. The Kier molecular flexibility index (Phi) is 7.70. The van der Waals surface area contributed by atoms with Crippen LogP contribution >= 0.6 is 0 Å². The Morgan fingerprint density at radius 3 is 2.71 bits per heavy atom. The summed E-state index contributed by atoms with van der Waals surface area (Å²) in [6.07, 6.45) is 4.65. The molecule has 8 nitrogen and oxygen atoms in total. The molecule has 2 N–H and O–H groups in total. The number of likely N-dealkylation sites (N-methyl/N-ethyl adjacent to an activating group) is 1. The third-order valence-electron chi connectivity index (χ3n) is 6.97. The first-order valence-electron chi connectivity index (χ1n) is 13.0. The monoisotopic (exact) mass is 509 g/mol. The number of benzene rings is 2. The van der Waals surface area contributed by atoms with Crippen LogP contribution in [0.2, 0.25) is 0 Å². The quantitative estimate of drug-likeness (QED) is 0.309. The summed E-state index contributed by atoms with van der Waals surface area (Å²) in [5.74, 6) is 1.81. The number of anilines is 3. The van der Waals surface area contributed by atoms with Crippen molar-refractivity contribution in [1.82, 2.24) is 19.9 Å². The lowest BCUT2D eigenvalue weighted by atomic mass is 10.1. The van der Waals surface area contributed by atoms with Crippen LogP contribution in [0.15, 0.2) is 73.1 Å². The molecule has 2 aromatic heterocycles. The van der Waals surface area contributed by atoms with Crippen molar-refractivity contribution in [3.63, 3.8) is 0 Å². The number of nitrogens with zero attached hydrogens (tertiary/aromatic N) is 5. The van der Waals surface area contributed by atoms with Gasteiger partial charge in [0.15, 0.2) is 0 Å². The number of pyridine rings is 1. The van der Waals surface area contributed by atoms with Gasteiger partial charge in [0.1, 0.15) is 5.75 Å². The molecule has 1 atom stereocenters. The van der Waals surface area contributed by atoms with E-state index in [-0.39, 0.29) is 0 Å². The van der Waals surface area contributed by atoms with Crippen molar-refractivity contribution >= 4 is 17.3 Å². The second kappa shape index (κ2) is 11.5. The Morgan fingerprint density at radius 1 is 1.03 bits per heavy atom. The topological polar surface area (TPSA) is 78.4 Å². The van der Waals surface area contributed by atoms with E-state index in [9.17, 15) is 0 Å². The van der Waals surface area contributed by atoms with Crippen molar-refractivity contribution in [1.29, 1.82) is 0 Å². The van der Waals surface area contributed by atoms with Crippen molar-refractivity contribution in [3.05, 3.63) is 84.2 Å². The molecule has 0 radical (unpaired) electrons. The zero-order chi connectivity index (χ0) is 26.5. The highest BCUT2D eigenvalue weighted by molar-refractivity contribution is 5.66.